The molecule has 2 aromatic carbocycles. The van der Waals surface area contributed by atoms with E-state index >= 15 is 4.39 Å². The van der Waals surface area contributed by atoms with Crippen LogP contribution in [-0.4, -0.2) is 25.0 Å². The molecule has 2 aromatic heterocycles. The Morgan fingerprint density at radius 3 is 2.64 bits per heavy atom. The van der Waals surface area contributed by atoms with Gasteiger partial charge in [0, 0.05) is 10.9 Å². The van der Waals surface area contributed by atoms with Gasteiger partial charge in [0.1, 0.15) is 11.6 Å². The molecule has 0 saturated heterocycles. The number of para-hydroxylation sites is 1. The third kappa shape index (κ3) is 2.10. The number of hydrogen-bond donors (Lipinski definition) is 2. The van der Waals surface area contributed by atoms with E-state index in [2.05, 4.69) is 25.7 Å². The second-order valence-electron chi connectivity index (χ2n) is 7.95. The van der Waals surface area contributed by atoms with Gasteiger partial charge in [0.25, 0.3) is 0 Å². The van der Waals surface area contributed by atoms with Gasteiger partial charge in [0.15, 0.2) is 5.82 Å². The van der Waals surface area contributed by atoms with Crippen molar-refractivity contribution in [2.75, 3.05) is 5.32 Å². The van der Waals surface area contributed by atoms with E-state index in [1.54, 1.807) is 6.07 Å². The molecule has 0 spiro atoms. The van der Waals surface area contributed by atoms with Crippen LogP contribution in [0.5, 0.6) is 0 Å². The SMILES string of the molecule is Cc1c(-c2cccc3c(C)n[nH]c23)cc(F)c2c1-n1c(C)nnc1C(C)(C)N2. The van der Waals surface area contributed by atoms with Gasteiger partial charge in [-0.15, -0.1) is 10.2 Å². The molecule has 0 amide bonds. The summed E-state index contributed by atoms with van der Waals surface area (Å²) >= 11 is 0. The van der Waals surface area contributed by atoms with Crippen LogP contribution in [0.25, 0.3) is 27.7 Å². The highest BCUT2D eigenvalue weighted by Crippen LogP contribution is 2.44. The van der Waals surface area contributed by atoms with Crippen LogP contribution in [0.2, 0.25) is 0 Å². The van der Waals surface area contributed by atoms with Crippen LogP contribution in [-0.2, 0) is 5.54 Å². The van der Waals surface area contributed by atoms with E-state index in [-0.39, 0.29) is 5.82 Å². The fraction of sp³-hybridized carbons (Fsp3) is 0.286. The van der Waals surface area contributed by atoms with Crippen LogP contribution < -0.4 is 5.32 Å². The highest BCUT2D eigenvalue weighted by Gasteiger charge is 2.37. The lowest BCUT2D eigenvalue weighted by Crippen LogP contribution is -2.37. The van der Waals surface area contributed by atoms with Crippen molar-refractivity contribution in [2.45, 2.75) is 40.2 Å². The van der Waals surface area contributed by atoms with Crippen LogP contribution in [0.1, 0.15) is 36.8 Å². The topological polar surface area (TPSA) is 71.4 Å². The van der Waals surface area contributed by atoms with Crippen LogP contribution in [0.15, 0.2) is 24.3 Å². The van der Waals surface area contributed by atoms with E-state index in [1.807, 2.05) is 57.4 Å². The summed E-state index contributed by atoms with van der Waals surface area (Å²) in [4.78, 5) is 0. The van der Waals surface area contributed by atoms with E-state index in [9.17, 15) is 0 Å². The molecule has 6 nitrogen and oxygen atoms in total. The molecule has 1 aliphatic heterocycles. The van der Waals surface area contributed by atoms with Crippen molar-refractivity contribution < 1.29 is 4.39 Å². The minimum Gasteiger partial charge on any atom is -0.369 e. The Bertz CT molecular complexity index is 1260. The Balaban J connectivity index is 1.86. The molecule has 0 unspecified atom stereocenters. The van der Waals surface area contributed by atoms with E-state index in [0.29, 0.717) is 5.69 Å². The Labute approximate surface area is 161 Å². The van der Waals surface area contributed by atoms with Gasteiger partial charge in [-0.05, 0) is 51.8 Å². The molecule has 7 heteroatoms. The molecule has 1 aliphatic rings. The van der Waals surface area contributed by atoms with Gasteiger partial charge in [-0.2, -0.15) is 5.10 Å². The number of aromatic nitrogens is 5. The minimum absolute atomic E-state index is 0.296. The van der Waals surface area contributed by atoms with Crippen LogP contribution in [0.4, 0.5) is 10.1 Å². The van der Waals surface area contributed by atoms with E-state index in [4.69, 9.17) is 0 Å². The van der Waals surface area contributed by atoms with Crippen molar-refractivity contribution in [1.82, 2.24) is 25.0 Å². The number of benzene rings is 2. The summed E-state index contributed by atoms with van der Waals surface area (Å²) in [6.45, 7) is 9.82. The highest BCUT2D eigenvalue weighted by molar-refractivity contribution is 5.97. The third-order valence-electron chi connectivity index (χ3n) is 5.63. The Kier molecular flexibility index (Phi) is 3.27. The minimum atomic E-state index is -0.524. The highest BCUT2D eigenvalue weighted by atomic mass is 19.1. The molecule has 5 rings (SSSR count). The first-order valence-corrected chi connectivity index (χ1v) is 9.28. The monoisotopic (exact) mass is 376 g/mol. The van der Waals surface area contributed by atoms with Gasteiger partial charge in [-0.3, -0.25) is 9.67 Å². The molecule has 28 heavy (non-hydrogen) atoms. The second kappa shape index (κ2) is 5.41. The van der Waals surface area contributed by atoms with Gasteiger partial charge < -0.3 is 5.32 Å². The maximum atomic E-state index is 15.3. The predicted molar refractivity (Wildman–Crippen MR) is 107 cm³/mol. The predicted octanol–water partition coefficient (Wildman–Crippen LogP) is 4.54. The molecule has 4 aromatic rings. The quantitative estimate of drug-likeness (QED) is 0.512. The van der Waals surface area contributed by atoms with Gasteiger partial charge in [0.2, 0.25) is 0 Å². The Hall–Kier alpha value is -3.22. The van der Waals surface area contributed by atoms with Crippen molar-refractivity contribution in [3.05, 3.63) is 53.0 Å². The van der Waals surface area contributed by atoms with Crippen molar-refractivity contribution in [2.24, 2.45) is 0 Å². The fourth-order valence-corrected chi connectivity index (χ4v) is 4.22. The first kappa shape index (κ1) is 16.9. The molecular weight excluding hydrogens is 355 g/mol. The number of fused-ring (bicyclic) bond motifs is 4. The normalized spacial score (nSPS) is 14.6. The van der Waals surface area contributed by atoms with Gasteiger partial charge in [-0.1, -0.05) is 18.2 Å². The van der Waals surface area contributed by atoms with E-state index in [0.717, 1.165) is 50.6 Å². The lowest BCUT2D eigenvalue weighted by molar-refractivity contribution is 0.521. The van der Waals surface area contributed by atoms with Crippen LogP contribution in [0.3, 0.4) is 0 Å². The Morgan fingerprint density at radius 2 is 1.86 bits per heavy atom. The smallest absolute Gasteiger partial charge is 0.162 e. The molecule has 2 N–H and O–H groups in total. The average Bonchev–Trinajstić information content (AvgIpc) is 3.22. The molecule has 0 aliphatic carbocycles. The standard InChI is InChI=1S/C21H21FN6/c1-10-15(14-8-6-7-13-11(2)24-26-17(13)14)9-16(22)18-19(10)28-12(3)25-27-20(28)21(4,5)23-18/h6-9,23H,1-5H3,(H,24,26). The molecule has 0 fully saturated rings. The summed E-state index contributed by atoms with van der Waals surface area (Å²) < 4.78 is 17.3. The maximum Gasteiger partial charge on any atom is 0.162 e. The van der Waals surface area contributed by atoms with Gasteiger partial charge in [-0.25, -0.2) is 4.39 Å². The molecule has 3 heterocycles. The number of anilines is 1. The number of nitrogens with one attached hydrogen (secondary N) is 2. The van der Waals surface area contributed by atoms with Gasteiger partial charge in [0.05, 0.1) is 28.1 Å². The largest absolute Gasteiger partial charge is 0.369 e. The molecule has 142 valence electrons. The van der Waals surface area contributed by atoms with Gasteiger partial charge >= 0.3 is 0 Å². The van der Waals surface area contributed by atoms with Crippen LogP contribution in [0, 0.1) is 26.6 Å². The summed E-state index contributed by atoms with van der Waals surface area (Å²) in [5.74, 6) is 1.21. The summed E-state index contributed by atoms with van der Waals surface area (Å²) in [7, 11) is 0. The number of rotatable bonds is 1. The zero-order chi connectivity index (χ0) is 19.8. The number of aryl methyl sites for hydroxylation is 2. The van der Waals surface area contributed by atoms with Crippen LogP contribution >= 0.6 is 0 Å². The second-order valence-corrected chi connectivity index (χ2v) is 7.95. The summed E-state index contributed by atoms with van der Waals surface area (Å²) in [6, 6.07) is 7.60. The number of halogens is 1. The average molecular weight is 376 g/mol. The first-order valence-electron chi connectivity index (χ1n) is 9.28. The zero-order valence-corrected chi connectivity index (χ0v) is 16.5. The van der Waals surface area contributed by atoms with E-state index < -0.39 is 5.54 Å². The number of nitrogens with zero attached hydrogens (tertiary/aromatic N) is 4. The zero-order valence-electron chi connectivity index (χ0n) is 16.5. The molecule has 0 saturated carbocycles. The summed E-state index contributed by atoms with van der Waals surface area (Å²) in [5.41, 5.74) is 5.27. The lowest BCUT2D eigenvalue weighted by Gasteiger charge is -2.35. The molecule has 0 atom stereocenters. The molecule has 0 radical (unpaired) electrons. The van der Waals surface area contributed by atoms with Crippen molar-refractivity contribution in [3.8, 4) is 16.8 Å². The summed E-state index contributed by atoms with van der Waals surface area (Å²) in [5, 5.41) is 20.4. The van der Waals surface area contributed by atoms with Crippen molar-refractivity contribution in [3.63, 3.8) is 0 Å². The fourth-order valence-electron chi connectivity index (χ4n) is 4.22. The number of aromatic amines is 1. The third-order valence-corrected chi connectivity index (χ3v) is 5.63. The van der Waals surface area contributed by atoms with Crippen molar-refractivity contribution >= 4 is 16.6 Å². The molecule has 0 bridgehead atoms. The molecular formula is C21H21FN6. The number of H-pyrrole nitrogens is 1. The van der Waals surface area contributed by atoms with E-state index in [1.165, 1.54) is 0 Å². The summed E-state index contributed by atoms with van der Waals surface area (Å²) in [6.07, 6.45) is 0. The Morgan fingerprint density at radius 1 is 1.07 bits per heavy atom. The van der Waals surface area contributed by atoms with Crippen molar-refractivity contribution in [1.29, 1.82) is 0 Å². The maximum absolute atomic E-state index is 15.3. The number of hydrogen-bond acceptors (Lipinski definition) is 4. The first-order chi connectivity index (χ1) is 13.3. The lowest BCUT2D eigenvalue weighted by atomic mass is 9.92.